The first kappa shape index (κ1) is 16.4. The first-order valence-corrected chi connectivity index (χ1v) is 7.88. The highest BCUT2D eigenvalue weighted by Crippen LogP contribution is 2.34. The highest BCUT2D eigenvalue weighted by atomic mass is 35.5. The molecule has 3 rings (SSSR count). The van der Waals surface area contributed by atoms with Crippen molar-refractivity contribution in [3.05, 3.63) is 57.5 Å². The summed E-state index contributed by atoms with van der Waals surface area (Å²) in [5.74, 6) is -0.151. The van der Waals surface area contributed by atoms with Crippen molar-refractivity contribution >= 4 is 23.7 Å². The maximum atomic E-state index is 13.7. The Morgan fingerprint density at radius 3 is 2.67 bits per heavy atom. The predicted molar refractivity (Wildman–Crippen MR) is 89.0 cm³/mol. The highest BCUT2D eigenvalue weighted by Gasteiger charge is 2.26. The van der Waals surface area contributed by atoms with Gasteiger partial charge in [-0.1, -0.05) is 12.1 Å². The second-order valence-corrected chi connectivity index (χ2v) is 6.18. The number of rotatable bonds is 3. The summed E-state index contributed by atoms with van der Waals surface area (Å²) in [6.45, 7) is 6.06. The van der Waals surface area contributed by atoms with Gasteiger partial charge in [-0.25, -0.2) is 4.39 Å². The molecule has 1 aromatic carbocycles. The molecule has 0 aliphatic carbocycles. The minimum Gasteiger partial charge on any atom is -0.314 e. The molecule has 1 aliphatic rings. The molecule has 0 bridgehead atoms. The molecule has 1 fully saturated rings. The van der Waals surface area contributed by atoms with E-state index in [-0.39, 0.29) is 24.3 Å². The van der Waals surface area contributed by atoms with Crippen molar-refractivity contribution in [1.29, 1.82) is 0 Å². The third kappa shape index (κ3) is 3.64. The van der Waals surface area contributed by atoms with Crippen LogP contribution in [0.5, 0.6) is 0 Å². The second-order valence-electron chi connectivity index (χ2n) is 5.20. The first-order chi connectivity index (χ1) is 9.75. The van der Waals surface area contributed by atoms with Crippen LogP contribution in [0.2, 0.25) is 0 Å². The Bertz CT molecular complexity index is 568. The van der Waals surface area contributed by atoms with E-state index in [1.165, 1.54) is 4.88 Å². The van der Waals surface area contributed by atoms with E-state index in [0.29, 0.717) is 0 Å². The van der Waals surface area contributed by atoms with E-state index in [1.807, 2.05) is 6.07 Å². The summed E-state index contributed by atoms with van der Waals surface area (Å²) in [5, 5.41) is 5.48. The van der Waals surface area contributed by atoms with E-state index in [4.69, 9.17) is 0 Å². The standard InChI is InChI=1S/C16H19FN2S.ClH/c1-12-4-5-13(17)11-14(12)16(15-3-2-10-20-15)19-8-6-18-7-9-19;/h2-5,10-11,16,18H,6-9H2,1H3;1H/t16-;/m0./s1. The normalized spacial score (nSPS) is 17.2. The molecule has 2 heterocycles. The largest absolute Gasteiger partial charge is 0.314 e. The Morgan fingerprint density at radius 2 is 2.00 bits per heavy atom. The van der Waals surface area contributed by atoms with Gasteiger partial charge >= 0.3 is 0 Å². The van der Waals surface area contributed by atoms with Gasteiger partial charge < -0.3 is 5.32 Å². The summed E-state index contributed by atoms with van der Waals surface area (Å²) in [6, 6.07) is 9.52. The Labute approximate surface area is 135 Å². The van der Waals surface area contributed by atoms with E-state index < -0.39 is 0 Å². The molecule has 0 radical (unpaired) electrons. The topological polar surface area (TPSA) is 15.3 Å². The van der Waals surface area contributed by atoms with Gasteiger partial charge in [0, 0.05) is 31.1 Å². The third-order valence-electron chi connectivity index (χ3n) is 3.87. The van der Waals surface area contributed by atoms with Crippen LogP contribution in [0.15, 0.2) is 35.7 Å². The zero-order chi connectivity index (χ0) is 13.9. The second kappa shape index (κ2) is 7.36. The molecule has 1 saturated heterocycles. The average molecular weight is 327 g/mol. The molecule has 5 heteroatoms. The molecule has 1 atom stereocenters. The molecule has 0 spiro atoms. The van der Waals surface area contributed by atoms with Gasteiger partial charge in [-0.15, -0.1) is 23.7 Å². The SMILES string of the molecule is Cc1ccc(F)cc1[C@@H](c1cccs1)N1CCNCC1.Cl. The zero-order valence-electron chi connectivity index (χ0n) is 12.0. The molecule has 2 aromatic rings. The molecule has 1 aliphatic heterocycles. The molecular weight excluding hydrogens is 307 g/mol. The molecule has 114 valence electrons. The van der Waals surface area contributed by atoms with Crippen LogP contribution in [-0.4, -0.2) is 31.1 Å². The number of thiophene rings is 1. The van der Waals surface area contributed by atoms with Crippen molar-refractivity contribution in [2.45, 2.75) is 13.0 Å². The fraction of sp³-hybridized carbons (Fsp3) is 0.375. The lowest BCUT2D eigenvalue weighted by atomic mass is 9.98. The van der Waals surface area contributed by atoms with E-state index >= 15 is 0 Å². The molecular formula is C16H20ClFN2S. The van der Waals surface area contributed by atoms with Crippen LogP contribution >= 0.6 is 23.7 Å². The maximum Gasteiger partial charge on any atom is 0.123 e. The van der Waals surface area contributed by atoms with Gasteiger partial charge in [0.2, 0.25) is 0 Å². The molecule has 21 heavy (non-hydrogen) atoms. The van der Waals surface area contributed by atoms with E-state index in [1.54, 1.807) is 23.5 Å². The number of aryl methyl sites for hydroxylation is 1. The Balaban J connectivity index is 0.00000161. The summed E-state index contributed by atoms with van der Waals surface area (Å²) < 4.78 is 13.7. The number of hydrogen-bond acceptors (Lipinski definition) is 3. The number of benzene rings is 1. The lowest BCUT2D eigenvalue weighted by Crippen LogP contribution is -2.45. The smallest absolute Gasteiger partial charge is 0.123 e. The van der Waals surface area contributed by atoms with Crippen LogP contribution in [0.3, 0.4) is 0 Å². The van der Waals surface area contributed by atoms with Crippen molar-refractivity contribution in [3.8, 4) is 0 Å². The van der Waals surface area contributed by atoms with E-state index in [2.05, 4.69) is 34.7 Å². The van der Waals surface area contributed by atoms with Crippen LogP contribution in [0, 0.1) is 12.7 Å². The van der Waals surface area contributed by atoms with Gasteiger partial charge in [0.1, 0.15) is 5.82 Å². The van der Waals surface area contributed by atoms with Crippen molar-refractivity contribution < 1.29 is 4.39 Å². The fourth-order valence-electron chi connectivity index (χ4n) is 2.82. The quantitative estimate of drug-likeness (QED) is 0.927. The van der Waals surface area contributed by atoms with Gasteiger partial charge in [-0.05, 0) is 41.6 Å². The Hall–Kier alpha value is -0.940. The van der Waals surface area contributed by atoms with Gasteiger partial charge in [0.15, 0.2) is 0 Å². The Kier molecular flexibility index (Phi) is 5.76. The van der Waals surface area contributed by atoms with Crippen molar-refractivity contribution in [2.24, 2.45) is 0 Å². The lowest BCUT2D eigenvalue weighted by Gasteiger charge is -2.35. The van der Waals surface area contributed by atoms with Gasteiger partial charge in [-0.2, -0.15) is 0 Å². The van der Waals surface area contributed by atoms with Gasteiger partial charge in [0.25, 0.3) is 0 Å². The summed E-state index contributed by atoms with van der Waals surface area (Å²) in [7, 11) is 0. The minimum absolute atomic E-state index is 0. The molecule has 2 nitrogen and oxygen atoms in total. The number of piperazine rings is 1. The van der Waals surface area contributed by atoms with Gasteiger partial charge in [0.05, 0.1) is 6.04 Å². The number of halogens is 2. The fourth-order valence-corrected chi connectivity index (χ4v) is 3.70. The third-order valence-corrected chi connectivity index (χ3v) is 4.79. The van der Waals surface area contributed by atoms with E-state index in [9.17, 15) is 4.39 Å². The summed E-state index contributed by atoms with van der Waals surface area (Å²) in [4.78, 5) is 3.74. The van der Waals surface area contributed by atoms with Crippen molar-refractivity contribution in [1.82, 2.24) is 10.2 Å². The van der Waals surface area contributed by atoms with Crippen LogP contribution in [-0.2, 0) is 0 Å². The van der Waals surface area contributed by atoms with Crippen LogP contribution < -0.4 is 5.32 Å². The van der Waals surface area contributed by atoms with Gasteiger partial charge in [-0.3, -0.25) is 4.90 Å². The van der Waals surface area contributed by atoms with Crippen molar-refractivity contribution in [3.63, 3.8) is 0 Å². The monoisotopic (exact) mass is 326 g/mol. The van der Waals surface area contributed by atoms with Crippen molar-refractivity contribution in [2.75, 3.05) is 26.2 Å². The average Bonchev–Trinajstić information content (AvgIpc) is 2.98. The van der Waals surface area contributed by atoms with Crippen LogP contribution in [0.1, 0.15) is 22.0 Å². The molecule has 0 amide bonds. The lowest BCUT2D eigenvalue weighted by molar-refractivity contribution is 0.200. The maximum absolute atomic E-state index is 13.7. The Morgan fingerprint density at radius 1 is 1.24 bits per heavy atom. The minimum atomic E-state index is -0.151. The highest BCUT2D eigenvalue weighted by molar-refractivity contribution is 7.10. The van der Waals surface area contributed by atoms with E-state index in [0.717, 1.165) is 37.3 Å². The summed E-state index contributed by atoms with van der Waals surface area (Å²) >= 11 is 1.75. The number of nitrogens with one attached hydrogen (secondary N) is 1. The zero-order valence-corrected chi connectivity index (χ0v) is 13.6. The molecule has 0 saturated carbocycles. The predicted octanol–water partition coefficient (Wildman–Crippen LogP) is 3.61. The summed E-state index contributed by atoms with van der Waals surface area (Å²) in [5.41, 5.74) is 2.25. The molecule has 1 aromatic heterocycles. The van der Waals surface area contributed by atoms with Crippen LogP contribution in [0.25, 0.3) is 0 Å². The van der Waals surface area contributed by atoms with Crippen LogP contribution in [0.4, 0.5) is 4.39 Å². The molecule has 0 unspecified atom stereocenters. The number of hydrogen-bond donors (Lipinski definition) is 1. The molecule has 1 N–H and O–H groups in total. The summed E-state index contributed by atoms with van der Waals surface area (Å²) in [6.07, 6.45) is 0. The number of nitrogens with zero attached hydrogens (tertiary/aromatic N) is 1. The first-order valence-electron chi connectivity index (χ1n) is 7.00.